The number of amides is 1. The van der Waals surface area contributed by atoms with Gasteiger partial charge in [0.25, 0.3) is 0 Å². The quantitative estimate of drug-likeness (QED) is 0.784. The highest BCUT2D eigenvalue weighted by molar-refractivity contribution is 5.68. The van der Waals surface area contributed by atoms with Gasteiger partial charge in [0.2, 0.25) is 0 Å². The first-order valence-electron chi connectivity index (χ1n) is 7.64. The number of ether oxygens (including phenoxy) is 1. The maximum atomic E-state index is 11.9. The van der Waals surface area contributed by atoms with Crippen molar-refractivity contribution in [1.29, 1.82) is 0 Å². The van der Waals surface area contributed by atoms with Crippen molar-refractivity contribution in [3.05, 3.63) is 0 Å². The third-order valence-electron chi connectivity index (χ3n) is 3.36. The SMILES string of the molecule is CN(C)CCCNC1CCN(C(=O)OC(C)(C)C)CC1. The molecule has 0 atom stereocenters. The Hall–Kier alpha value is -0.810. The summed E-state index contributed by atoms with van der Waals surface area (Å²) in [6.07, 6.45) is 3.02. The van der Waals surface area contributed by atoms with Gasteiger partial charge >= 0.3 is 6.09 Å². The average Bonchev–Trinajstić information content (AvgIpc) is 2.33. The molecule has 0 aliphatic carbocycles. The maximum Gasteiger partial charge on any atom is 0.410 e. The number of nitrogens with one attached hydrogen (secondary N) is 1. The molecule has 0 radical (unpaired) electrons. The summed E-state index contributed by atoms with van der Waals surface area (Å²) in [7, 11) is 4.19. The Labute approximate surface area is 123 Å². The summed E-state index contributed by atoms with van der Waals surface area (Å²) in [5, 5.41) is 3.58. The lowest BCUT2D eigenvalue weighted by atomic mass is 10.1. The lowest BCUT2D eigenvalue weighted by molar-refractivity contribution is 0.0198. The molecule has 0 aromatic carbocycles. The highest BCUT2D eigenvalue weighted by atomic mass is 16.6. The van der Waals surface area contributed by atoms with Crippen LogP contribution in [0.3, 0.4) is 0 Å². The second-order valence-electron chi connectivity index (χ2n) is 6.85. The van der Waals surface area contributed by atoms with Gasteiger partial charge in [-0.05, 0) is 67.2 Å². The van der Waals surface area contributed by atoms with E-state index in [-0.39, 0.29) is 6.09 Å². The second-order valence-corrected chi connectivity index (χ2v) is 6.85. The monoisotopic (exact) mass is 285 g/mol. The van der Waals surface area contributed by atoms with Crippen LogP contribution in [0.15, 0.2) is 0 Å². The second kappa shape index (κ2) is 7.84. The van der Waals surface area contributed by atoms with Crippen molar-refractivity contribution in [2.75, 3.05) is 40.3 Å². The summed E-state index contributed by atoms with van der Waals surface area (Å²) in [4.78, 5) is 16.0. The van der Waals surface area contributed by atoms with Crippen LogP contribution in [0.4, 0.5) is 4.79 Å². The van der Waals surface area contributed by atoms with Crippen LogP contribution in [-0.2, 0) is 4.74 Å². The Kier molecular flexibility index (Phi) is 6.76. The molecule has 1 fully saturated rings. The van der Waals surface area contributed by atoms with Crippen molar-refractivity contribution in [2.45, 2.75) is 51.7 Å². The van der Waals surface area contributed by atoms with Crippen LogP contribution < -0.4 is 5.32 Å². The molecule has 1 heterocycles. The van der Waals surface area contributed by atoms with Gasteiger partial charge in [-0.1, -0.05) is 0 Å². The first kappa shape index (κ1) is 17.2. The molecule has 0 unspecified atom stereocenters. The van der Waals surface area contributed by atoms with Crippen LogP contribution in [0, 0.1) is 0 Å². The van der Waals surface area contributed by atoms with Gasteiger partial charge in [-0.2, -0.15) is 0 Å². The smallest absolute Gasteiger partial charge is 0.410 e. The highest BCUT2D eigenvalue weighted by Crippen LogP contribution is 2.15. The molecule has 1 saturated heterocycles. The van der Waals surface area contributed by atoms with Gasteiger partial charge < -0.3 is 19.9 Å². The van der Waals surface area contributed by atoms with E-state index < -0.39 is 5.60 Å². The van der Waals surface area contributed by atoms with E-state index in [1.165, 1.54) is 6.42 Å². The van der Waals surface area contributed by atoms with Crippen LogP contribution >= 0.6 is 0 Å². The molecule has 1 aliphatic heterocycles. The zero-order valence-corrected chi connectivity index (χ0v) is 13.7. The number of hydrogen-bond donors (Lipinski definition) is 1. The van der Waals surface area contributed by atoms with E-state index in [0.29, 0.717) is 6.04 Å². The Balaban J connectivity index is 2.18. The maximum absolute atomic E-state index is 11.9. The molecule has 0 spiro atoms. The highest BCUT2D eigenvalue weighted by Gasteiger charge is 2.26. The lowest BCUT2D eigenvalue weighted by Gasteiger charge is -2.33. The summed E-state index contributed by atoms with van der Waals surface area (Å²) in [6, 6.07) is 0.538. The molecule has 1 N–H and O–H groups in total. The number of carbonyl (C=O) groups is 1. The number of hydrogen-bond acceptors (Lipinski definition) is 4. The fraction of sp³-hybridized carbons (Fsp3) is 0.933. The average molecular weight is 285 g/mol. The van der Waals surface area contributed by atoms with Gasteiger partial charge in [0, 0.05) is 19.1 Å². The minimum atomic E-state index is -0.404. The first-order chi connectivity index (χ1) is 9.28. The molecule has 5 heteroatoms. The zero-order valence-electron chi connectivity index (χ0n) is 13.7. The number of rotatable bonds is 5. The predicted molar refractivity (Wildman–Crippen MR) is 82.0 cm³/mol. The van der Waals surface area contributed by atoms with Gasteiger partial charge in [0.05, 0.1) is 0 Å². The first-order valence-corrected chi connectivity index (χ1v) is 7.64. The summed E-state index contributed by atoms with van der Waals surface area (Å²) in [5.74, 6) is 0. The van der Waals surface area contributed by atoms with Crippen molar-refractivity contribution in [3.63, 3.8) is 0 Å². The molecule has 0 aromatic heterocycles. The molecule has 1 rings (SSSR count). The van der Waals surface area contributed by atoms with E-state index in [4.69, 9.17) is 4.74 Å². The Bertz CT molecular complexity index is 292. The predicted octanol–water partition coefficient (Wildman–Crippen LogP) is 1.93. The van der Waals surface area contributed by atoms with Gasteiger partial charge in [0.1, 0.15) is 5.60 Å². The summed E-state index contributed by atoms with van der Waals surface area (Å²) in [5.41, 5.74) is -0.404. The topological polar surface area (TPSA) is 44.8 Å². The van der Waals surface area contributed by atoms with Crippen molar-refractivity contribution < 1.29 is 9.53 Å². The Morgan fingerprint density at radius 1 is 1.30 bits per heavy atom. The minimum absolute atomic E-state index is 0.177. The Morgan fingerprint density at radius 2 is 1.90 bits per heavy atom. The molecule has 5 nitrogen and oxygen atoms in total. The van der Waals surface area contributed by atoms with Crippen LogP contribution in [0.2, 0.25) is 0 Å². The molecular formula is C15H31N3O2. The number of piperidine rings is 1. The zero-order chi connectivity index (χ0) is 15.2. The van der Waals surface area contributed by atoms with Crippen LogP contribution in [0.5, 0.6) is 0 Å². The fourth-order valence-corrected chi connectivity index (χ4v) is 2.29. The molecule has 1 amide bonds. The minimum Gasteiger partial charge on any atom is -0.444 e. The Morgan fingerprint density at radius 3 is 2.40 bits per heavy atom. The molecule has 0 bridgehead atoms. The number of carbonyl (C=O) groups excluding carboxylic acids is 1. The van der Waals surface area contributed by atoms with Gasteiger partial charge in [-0.3, -0.25) is 0 Å². The molecule has 0 saturated carbocycles. The molecule has 0 aromatic rings. The lowest BCUT2D eigenvalue weighted by Crippen LogP contribution is -2.46. The summed E-state index contributed by atoms with van der Waals surface area (Å²) in [6.45, 7) is 9.47. The fourth-order valence-electron chi connectivity index (χ4n) is 2.29. The number of nitrogens with zero attached hydrogens (tertiary/aromatic N) is 2. The molecular weight excluding hydrogens is 254 g/mol. The van der Waals surface area contributed by atoms with Crippen molar-refractivity contribution in [2.24, 2.45) is 0 Å². The number of likely N-dealkylation sites (tertiary alicyclic amines) is 1. The van der Waals surface area contributed by atoms with E-state index in [1.807, 2.05) is 25.7 Å². The van der Waals surface area contributed by atoms with Crippen molar-refractivity contribution >= 4 is 6.09 Å². The van der Waals surface area contributed by atoms with Gasteiger partial charge in [-0.25, -0.2) is 4.79 Å². The third-order valence-corrected chi connectivity index (χ3v) is 3.36. The van der Waals surface area contributed by atoms with E-state index in [2.05, 4.69) is 24.3 Å². The molecule has 1 aliphatic rings. The van der Waals surface area contributed by atoms with E-state index in [1.54, 1.807) is 0 Å². The van der Waals surface area contributed by atoms with Crippen LogP contribution in [-0.4, -0.2) is 67.8 Å². The van der Waals surface area contributed by atoms with E-state index in [0.717, 1.165) is 39.0 Å². The van der Waals surface area contributed by atoms with Crippen LogP contribution in [0.25, 0.3) is 0 Å². The van der Waals surface area contributed by atoms with Crippen molar-refractivity contribution in [3.8, 4) is 0 Å². The van der Waals surface area contributed by atoms with E-state index >= 15 is 0 Å². The van der Waals surface area contributed by atoms with Gasteiger partial charge in [-0.15, -0.1) is 0 Å². The van der Waals surface area contributed by atoms with Crippen LogP contribution in [0.1, 0.15) is 40.0 Å². The van der Waals surface area contributed by atoms with E-state index in [9.17, 15) is 4.79 Å². The standard InChI is InChI=1S/C15H31N3O2/c1-15(2,3)20-14(19)18-11-7-13(8-12-18)16-9-6-10-17(4)5/h13,16H,6-12H2,1-5H3. The summed E-state index contributed by atoms with van der Waals surface area (Å²) < 4.78 is 5.40. The largest absolute Gasteiger partial charge is 0.444 e. The normalized spacial score (nSPS) is 17.6. The molecule has 118 valence electrons. The third kappa shape index (κ3) is 7.10. The summed E-state index contributed by atoms with van der Waals surface area (Å²) >= 11 is 0. The molecule has 20 heavy (non-hydrogen) atoms. The van der Waals surface area contributed by atoms with Gasteiger partial charge in [0.15, 0.2) is 0 Å². The van der Waals surface area contributed by atoms with Crippen molar-refractivity contribution in [1.82, 2.24) is 15.1 Å².